The number of hydrogen-bond donors (Lipinski definition) is 1. The zero-order valence-electron chi connectivity index (χ0n) is 13.5. The molecule has 0 aliphatic heterocycles. The molecule has 0 atom stereocenters. The number of hydrogen-bond acceptors (Lipinski definition) is 2. The Bertz CT molecular complexity index is 655. The molecule has 0 aliphatic rings. The van der Waals surface area contributed by atoms with Crippen molar-refractivity contribution in [1.29, 1.82) is 0 Å². The van der Waals surface area contributed by atoms with Gasteiger partial charge in [-0.1, -0.05) is 66.2 Å². The van der Waals surface area contributed by atoms with Gasteiger partial charge in [0.2, 0.25) is 5.91 Å². The Morgan fingerprint density at radius 1 is 1.13 bits per heavy atom. The number of carbonyl (C=O) groups excluding carboxylic acids is 1. The first-order valence-corrected chi connectivity index (χ1v) is 8.59. The highest BCUT2D eigenvalue weighted by Gasteiger charge is 2.08. The predicted octanol–water partition coefficient (Wildman–Crippen LogP) is 4.31. The van der Waals surface area contributed by atoms with Crippen LogP contribution >= 0.6 is 15.9 Å². The highest BCUT2D eigenvalue weighted by Crippen LogP contribution is 2.25. The number of para-hydroxylation sites is 1. The molecule has 2 aromatic rings. The molecule has 4 heteroatoms. The lowest BCUT2D eigenvalue weighted by Crippen LogP contribution is -2.29. The number of benzene rings is 2. The van der Waals surface area contributed by atoms with Gasteiger partial charge in [0, 0.05) is 4.47 Å². The van der Waals surface area contributed by atoms with Gasteiger partial charge in [-0.2, -0.15) is 0 Å². The number of nitrogens with one attached hydrogen (secondary N) is 1. The molecule has 0 bridgehead atoms. The summed E-state index contributed by atoms with van der Waals surface area (Å²) >= 11 is 3.45. The standard InChI is InChI=1S/C19H22BrNO2/c1-14(2)16-8-4-6-10-18(16)23-12-11-21-19(22)13-15-7-3-5-9-17(15)20/h3-10,14H,11-13H2,1-2H3,(H,21,22). The van der Waals surface area contributed by atoms with Crippen molar-refractivity contribution in [2.75, 3.05) is 13.2 Å². The Labute approximate surface area is 146 Å². The summed E-state index contributed by atoms with van der Waals surface area (Å²) in [6.45, 7) is 5.24. The van der Waals surface area contributed by atoms with Gasteiger partial charge in [0.15, 0.2) is 0 Å². The Kier molecular flexibility index (Phi) is 6.66. The monoisotopic (exact) mass is 375 g/mol. The average Bonchev–Trinajstić information content (AvgIpc) is 2.54. The summed E-state index contributed by atoms with van der Waals surface area (Å²) < 4.78 is 6.75. The zero-order chi connectivity index (χ0) is 16.7. The molecule has 2 rings (SSSR count). The largest absolute Gasteiger partial charge is 0.491 e. The van der Waals surface area contributed by atoms with E-state index < -0.39 is 0 Å². The van der Waals surface area contributed by atoms with E-state index in [2.05, 4.69) is 41.2 Å². The first kappa shape index (κ1) is 17.5. The molecular formula is C19H22BrNO2. The predicted molar refractivity (Wildman–Crippen MR) is 96.9 cm³/mol. The fourth-order valence-corrected chi connectivity index (χ4v) is 2.74. The summed E-state index contributed by atoms with van der Waals surface area (Å²) in [6, 6.07) is 15.8. The SMILES string of the molecule is CC(C)c1ccccc1OCCNC(=O)Cc1ccccc1Br. The molecule has 0 unspecified atom stereocenters. The summed E-state index contributed by atoms with van der Waals surface area (Å²) in [5, 5.41) is 2.89. The fraction of sp³-hybridized carbons (Fsp3) is 0.316. The summed E-state index contributed by atoms with van der Waals surface area (Å²) in [5.41, 5.74) is 2.17. The van der Waals surface area contributed by atoms with Gasteiger partial charge < -0.3 is 10.1 Å². The molecule has 23 heavy (non-hydrogen) atoms. The Morgan fingerprint density at radius 2 is 1.83 bits per heavy atom. The Balaban J connectivity index is 1.78. The average molecular weight is 376 g/mol. The van der Waals surface area contributed by atoms with Crippen molar-refractivity contribution in [1.82, 2.24) is 5.32 Å². The van der Waals surface area contributed by atoms with E-state index in [1.807, 2.05) is 42.5 Å². The van der Waals surface area contributed by atoms with E-state index in [-0.39, 0.29) is 5.91 Å². The lowest BCUT2D eigenvalue weighted by atomic mass is 10.0. The maximum absolute atomic E-state index is 12.0. The third kappa shape index (κ3) is 5.39. The van der Waals surface area contributed by atoms with E-state index in [9.17, 15) is 4.79 Å². The molecule has 0 aromatic heterocycles. The number of ether oxygens (including phenoxy) is 1. The maximum Gasteiger partial charge on any atom is 0.224 e. The number of carbonyl (C=O) groups is 1. The van der Waals surface area contributed by atoms with E-state index in [4.69, 9.17) is 4.74 Å². The van der Waals surface area contributed by atoms with Crippen LogP contribution in [0.15, 0.2) is 53.0 Å². The summed E-state index contributed by atoms with van der Waals surface area (Å²) in [7, 11) is 0. The molecule has 0 spiro atoms. The lowest BCUT2D eigenvalue weighted by molar-refractivity contribution is -0.120. The van der Waals surface area contributed by atoms with Crippen LogP contribution in [0.1, 0.15) is 30.9 Å². The van der Waals surface area contributed by atoms with E-state index in [0.717, 1.165) is 15.8 Å². The normalized spacial score (nSPS) is 10.6. The second kappa shape index (κ2) is 8.73. The third-order valence-corrected chi connectivity index (χ3v) is 4.31. The van der Waals surface area contributed by atoms with Crippen molar-refractivity contribution in [2.24, 2.45) is 0 Å². The molecule has 0 fully saturated rings. The van der Waals surface area contributed by atoms with Crippen LogP contribution in [0.5, 0.6) is 5.75 Å². The highest BCUT2D eigenvalue weighted by atomic mass is 79.9. The molecule has 0 heterocycles. The van der Waals surface area contributed by atoms with E-state index in [1.165, 1.54) is 5.56 Å². The zero-order valence-corrected chi connectivity index (χ0v) is 15.1. The molecule has 1 amide bonds. The highest BCUT2D eigenvalue weighted by molar-refractivity contribution is 9.10. The molecule has 0 saturated heterocycles. The van der Waals surface area contributed by atoms with Crippen molar-refractivity contribution in [3.05, 3.63) is 64.1 Å². The van der Waals surface area contributed by atoms with Gasteiger partial charge >= 0.3 is 0 Å². The van der Waals surface area contributed by atoms with Crippen LogP contribution in [-0.2, 0) is 11.2 Å². The third-order valence-electron chi connectivity index (χ3n) is 3.53. The summed E-state index contributed by atoms with van der Waals surface area (Å²) in [4.78, 5) is 12.0. The molecule has 0 saturated carbocycles. The van der Waals surface area contributed by atoms with Gasteiger partial charge in [-0.05, 0) is 29.2 Å². The van der Waals surface area contributed by atoms with Crippen molar-refractivity contribution in [3.63, 3.8) is 0 Å². The van der Waals surface area contributed by atoms with Gasteiger partial charge in [-0.3, -0.25) is 4.79 Å². The Morgan fingerprint density at radius 3 is 2.57 bits per heavy atom. The molecular weight excluding hydrogens is 354 g/mol. The van der Waals surface area contributed by atoms with Crippen molar-refractivity contribution in [2.45, 2.75) is 26.2 Å². The van der Waals surface area contributed by atoms with Crippen molar-refractivity contribution < 1.29 is 9.53 Å². The summed E-state index contributed by atoms with van der Waals surface area (Å²) in [6.07, 6.45) is 0.365. The number of rotatable bonds is 7. The second-order valence-corrected chi connectivity index (χ2v) is 6.51. The topological polar surface area (TPSA) is 38.3 Å². The molecule has 0 radical (unpaired) electrons. The molecule has 0 aliphatic carbocycles. The van der Waals surface area contributed by atoms with Crippen LogP contribution in [0, 0.1) is 0 Å². The van der Waals surface area contributed by atoms with Crippen LogP contribution in [0.4, 0.5) is 0 Å². The minimum absolute atomic E-state index is 0.00218. The van der Waals surface area contributed by atoms with Crippen LogP contribution in [-0.4, -0.2) is 19.1 Å². The van der Waals surface area contributed by atoms with Crippen LogP contribution in [0.2, 0.25) is 0 Å². The van der Waals surface area contributed by atoms with Crippen molar-refractivity contribution >= 4 is 21.8 Å². The van der Waals surface area contributed by atoms with Gasteiger partial charge in [0.1, 0.15) is 12.4 Å². The number of halogens is 1. The van der Waals surface area contributed by atoms with Crippen molar-refractivity contribution in [3.8, 4) is 5.75 Å². The van der Waals surface area contributed by atoms with Crippen LogP contribution in [0.25, 0.3) is 0 Å². The minimum atomic E-state index is -0.00218. The fourth-order valence-electron chi connectivity index (χ4n) is 2.32. The lowest BCUT2D eigenvalue weighted by Gasteiger charge is -2.14. The van der Waals surface area contributed by atoms with Gasteiger partial charge in [0.05, 0.1) is 13.0 Å². The minimum Gasteiger partial charge on any atom is -0.491 e. The smallest absolute Gasteiger partial charge is 0.224 e. The Hall–Kier alpha value is -1.81. The first-order chi connectivity index (χ1) is 11.1. The molecule has 1 N–H and O–H groups in total. The van der Waals surface area contributed by atoms with Crippen LogP contribution < -0.4 is 10.1 Å². The molecule has 122 valence electrons. The maximum atomic E-state index is 12.0. The van der Waals surface area contributed by atoms with E-state index >= 15 is 0 Å². The van der Waals surface area contributed by atoms with Crippen LogP contribution in [0.3, 0.4) is 0 Å². The molecule has 3 nitrogen and oxygen atoms in total. The molecule has 2 aromatic carbocycles. The quantitative estimate of drug-likeness (QED) is 0.732. The number of amides is 1. The summed E-state index contributed by atoms with van der Waals surface area (Å²) in [5.74, 6) is 1.30. The van der Waals surface area contributed by atoms with Gasteiger partial charge in [0.25, 0.3) is 0 Å². The van der Waals surface area contributed by atoms with Gasteiger partial charge in [-0.25, -0.2) is 0 Å². The van der Waals surface area contributed by atoms with Gasteiger partial charge in [-0.15, -0.1) is 0 Å². The second-order valence-electron chi connectivity index (χ2n) is 5.66. The van der Waals surface area contributed by atoms with E-state index in [0.29, 0.717) is 25.5 Å². The van der Waals surface area contributed by atoms with E-state index in [1.54, 1.807) is 0 Å². The first-order valence-electron chi connectivity index (χ1n) is 7.79.